The quantitative estimate of drug-likeness (QED) is 0.933. The van der Waals surface area contributed by atoms with E-state index in [4.69, 9.17) is 5.11 Å². The number of nitrogens with zero attached hydrogens (tertiary/aromatic N) is 1. The maximum absolute atomic E-state index is 12.1. The number of benzene rings is 1. The minimum Gasteiger partial charge on any atom is -0.478 e. The molecule has 0 saturated carbocycles. The van der Waals surface area contributed by atoms with E-state index in [1.54, 1.807) is 12.1 Å². The largest absolute Gasteiger partial charge is 0.478 e. The van der Waals surface area contributed by atoms with E-state index < -0.39 is 30.9 Å². The number of hydrogen-bond donors (Lipinski definition) is 1. The molecule has 0 aromatic heterocycles. The van der Waals surface area contributed by atoms with Crippen LogP contribution in [0.15, 0.2) is 18.2 Å². The molecule has 114 valence electrons. The molecule has 7 heteroatoms. The van der Waals surface area contributed by atoms with Crippen LogP contribution in [0.2, 0.25) is 0 Å². The molecule has 2 rings (SSSR count). The van der Waals surface area contributed by atoms with E-state index in [2.05, 4.69) is 0 Å². The maximum atomic E-state index is 12.1. The second kappa shape index (κ2) is 5.75. The molecule has 1 amide bonds. The fourth-order valence-electron chi connectivity index (χ4n) is 2.43. The Hall–Kier alpha value is -2.05. The molecule has 1 aliphatic rings. The third-order valence-corrected chi connectivity index (χ3v) is 3.47. The molecule has 1 heterocycles. The number of hydrogen-bond acceptors (Lipinski definition) is 2. The van der Waals surface area contributed by atoms with E-state index in [1.807, 2.05) is 0 Å². The zero-order valence-electron chi connectivity index (χ0n) is 11.1. The Morgan fingerprint density at radius 2 is 2.00 bits per heavy atom. The summed E-state index contributed by atoms with van der Waals surface area (Å²) < 4.78 is 36.4. The highest BCUT2D eigenvalue weighted by atomic mass is 19.4. The average Bonchev–Trinajstić information content (AvgIpc) is 2.42. The molecule has 0 radical (unpaired) electrons. The predicted octanol–water partition coefficient (Wildman–Crippen LogP) is 2.61. The number of carboxylic acid groups (broad SMARTS) is 1. The molecule has 4 nitrogen and oxygen atoms in total. The Balaban J connectivity index is 2.08. The molecule has 0 spiro atoms. The third kappa shape index (κ3) is 3.74. The van der Waals surface area contributed by atoms with E-state index in [-0.39, 0.29) is 18.7 Å². The van der Waals surface area contributed by atoms with Crippen LogP contribution in [-0.4, -0.2) is 34.6 Å². The molecule has 0 unspecified atom stereocenters. The van der Waals surface area contributed by atoms with Crippen LogP contribution in [0, 0.1) is 0 Å². The Morgan fingerprint density at radius 3 is 2.62 bits per heavy atom. The van der Waals surface area contributed by atoms with Crippen molar-refractivity contribution in [2.24, 2.45) is 0 Å². The highest BCUT2D eigenvalue weighted by Gasteiger charge is 2.30. The SMILES string of the molecule is O=C(O)c1cccc2c1CCN(C(=O)CCC(F)(F)F)C2. The number of aromatic carboxylic acids is 1. The number of halogens is 3. The van der Waals surface area contributed by atoms with E-state index in [9.17, 15) is 22.8 Å². The van der Waals surface area contributed by atoms with Crippen molar-refractivity contribution in [3.8, 4) is 0 Å². The minimum atomic E-state index is -4.35. The zero-order valence-corrected chi connectivity index (χ0v) is 11.1. The van der Waals surface area contributed by atoms with Crippen molar-refractivity contribution in [1.82, 2.24) is 4.90 Å². The molecule has 1 N–H and O–H groups in total. The van der Waals surface area contributed by atoms with Gasteiger partial charge in [-0.2, -0.15) is 13.2 Å². The summed E-state index contributed by atoms with van der Waals surface area (Å²) in [5.74, 6) is -1.59. The summed E-state index contributed by atoms with van der Waals surface area (Å²) in [4.78, 5) is 24.2. The van der Waals surface area contributed by atoms with Crippen LogP contribution in [0.4, 0.5) is 13.2 Å². The number of carbonyl (C=O) groups excluding carboxylic acids is 1. The van der Waals surface area contributed by atoms with Gasteiger partial charge in [-0.15, -0.1) is 0 Å². The van der Waals surface area contributed by atoms with Gasteiger partial charge in [-0.3, -0.25) is 4.79 Å². The van der Waals surface area contributed by atoms with Crippen LogP contribution in [0.1, 0.15) is 34.3 Å². The Kier molecular flexibility index (Phi) is 4.20. The van der Waals surface area contributed by atoms with Gasteiger partial charge in [0, 0.05) is 19.5 Å². The molecule has 0 atom stereocenters. The van der Waals surface area contributed by atoms with Crippen LogP contribution in [-0.2, 0) is 17.8 Å². The monoisotopic (exact) mass is 301 g/mol. The van der Waals surface area contributed by atoms with Crippen LogP contribution < -0.4 is 0 Å². The molecule has 0 saturated heterocycles. The number of amides is 1. The number of carboxylic acids is 1. The van der Waals surface area contributed by atoms with Crippen molar-refractivity contribution in [2.45, 2.75) is 32.0 Å². The second-order valence-electron chi connectivity index (χ2n) is 4.93. The smallest absolute Gasteiger partial charge is 0.389 e. The Bertz CT molecular complexity index is 569. The summed E-state index contributed by atoms with van der Waals surface area (Å²) >= 11 is 0. The molecule has 0 bridgehead atoms. The highest BCUT2D eigenvalue weighted by Crippen LogP contribution is 2.25. The van der Waals surface area contributed by atoms with E-state index in [0.29, 0.717) is 17.5 Å². The van der Waals surface area contributed by atoms with Gasteiger partial charge >= 0.3 is 12.1 Å². The first kappa shape index (κ1) is 15.3. The van der Waals surface area contributed by atoms with Gasteiger partial charge in [0.2, 0.25) is 5.91 Å². The first-order valence-corrected chi connectivity index (χ1v) is 6.46. The summed E-state index contributed by atoms with van der Waals surface area (Å²) in [6.07, 6.45) is -5.71. The molecular formula is C14H14F3NO3. The van der Waals surface area contributed by atoms with Gasteiger partial charge in [0.1, 0.15) is 0 Å². The molecular weight excluding hydrogens is 287 g/mol. The molecule has 1 aromatic carbocycles. The summed E-state index contributed by atoms with van der Waals surface area (Å²) in [5, 5.41) is 9.08. The van der Waals surface area contributed by atoms with Gasteiger partial charge in [-0.25, -0.2) is 4.79 Å². The number of alkyl halides is 3. The van der Waals surface area contributed by atoms with Crippen molar-refractivity contribution in [1.29, 1.82) is 0 Å². The van der Waals surface area contributed by atoms with Crippen LogP contribution >= 0.6 is 0 Å². The zero-order chi connectivity index (χ0) is 15.6. The van der Waals surface area contributed by atoms with Crippen LogP contribution in [0.3, 0.4) is 0 Å². The Morgan fingerprint density at radius 1 is 1.29 bits per heavy atom. The lowest BCUT2D eigenvalue weighted by atomic mass is 9.94. The van der Waals surface area contributed by atoms with Gasteiger partial charge in [0.05, 0.1) is 12.0 Å². The van der Waals surface area contributed by atoms with Gasteiger partial charge in [-0.05, 0) is 23.6 Å². The van der Waals surface area contributed by atoms with E-state index >= 15 is 0 Å². The maximum Gasteiger partial charge on any atom is 0.389 e. The van der Waals surface area contributed by atoms with Crippen molar-refractivity contribution >= 4 is 11.9 Å². The fourth-order valence-corrected chi connectivity index (χ4v) is 2.43. The first-order chi connectivity index (χ1) is 9.78. The topological polar surface area (TPSA) is 57.6 Å². The standard InChI is InChI=1S/C14H14F3NO3/c15-14(16,17)6-4-12(19)18-7-5-10-9(8-18)2-1-3-11(10)13(20)21/h1-3H,4-8H2,(H,20,21). The molecule has 1 aromatic rings. The number of rotatable bonds is 3. The van der Waals surface area contributed by atoms with Crippen molar-refractivity contribution in [2.75, 3.05) is 6.54 Å². The van der Waals surface area contributed by atoms with Crippen molar-refractivity contribution < 1.29 is 27.9 Å². The fraction of sp³-hybridized carbons (Fsp3) is 0.429. The first-order valence-electron chi connectivity index (χ1n) is 6.46. The molecule has 21 heavy (non-hydrogen) atoms. The van der Waals surface area contributed by atoms with Gasteiger partial charge in [0.25, 0.3) is 0 Å². The number of carbonyl (C=O) groups is 2. The minimum absolute atomic E-state index is 0.160. The van der Waals surface area contributed by atoms with Crippen molar-refractivity contribution in [3.05, 3.63) is 34.9 Å². The van der Waals surface area contributed by atoms with Crippen LogP contribution in [0.25, 0.3) is 0 Å². The lowest BCUT2D eigenvalue weighted by Crippen LogP contribution is -2.37. The van der Waals surface area contributed by atoms with Gasteiger partial charge < -0.3 is 10.0 Å². The predicted molar refractivity (Wildman–Crippen MR) is 67.8 cm³/mol. The van der Waals surface area contributed by atoms with Gasteiger partial charge in [0.15, 0.2) is 0 Å². The Labute approximate surface area is 119 Å². The molecule has 0 aliphatic carbocycles. The molecule has 1 aliphatic heterocycles. The number of fused-ring (bicyclic) bond motifs is 1. The summed E-state index contributed by atoms with van der Waals surface area (Å²) in [6, 6.07) is 4.76. The lowest BCUT2D eigenvalue weighted by molar-refractivity contribution is -0.149. The second-order valence-corrected chi connectivity index (χ2v) is 4.93. The van der Waals surface area contributed by atoms with E-state index in [0.717, 1.165) is 0 Å². The van der Waals surface area contributed by atoms with Crippen molar-refractivity contribution in [3.63, 3.8) is 0 Å². The van der Waals surface area contributed by atoms with E-state index in [1.165, 1.54) is 11.0 Å². The summed E-state index contributed by atoms with van der Waals surface area (Å²) in [6.45, 7) is 0.404. The third-order valence-electron chi connectivity index (χ3n) is 3.47. The highest BCUT2D eigenvalue weighted by molar-refractivity contribution is 5.90. The normalized spacial score (nSPS) is 14.7. The van der Waals surface area contributed by atoms with Crippen LogP contribution in [0.5, 0.6) is 0 Å². The average molecular weight is 301 g/mol. The van der Waals surface area contributed by atoms with Gasteiger partial charge in [-0.1, -0.05) is 12.1 Å². The summed E-state index contributed by atoms with van der Waals surface area (Å²) in [5.41, 5.74) is 1.53. The summed E-state index contributed by atoms with van der Waals surface area (Å²) in [7, 11) is 0. The lowest BCUT2D eigenvalue weighted by Gasteiger charge is -2.29. The molecule has 0 fully saturated rings.